The van der Waals surface area contributed by atoms with E-state index in [1.54, 1.807) is 26.6 Å². The third kappa shape index (κ3) is 5.07. The number of ether oxygens (including phenoxy) is 2. The third-order valence-electron chi connectivity index (χ3n) is 3.70. The second-order valence-corrected chi connectivity index (χ2v) is 5.86. The van der Waals surface area contributed by atoms with Crippen LogP contribution in [-0.2, 0) is 18.8 Å². The quantitative estimate of drug-likeness (QED) is 0.624. The lowest BCUT2D eigenvalue weighted by Gasteiger charge is -2.32. The lowest BCUT2D eigenvalue weighted by atomic mass is 9.80. The van der Waals surface area contributed by atoms with Crippen LogP contribution in [0.25, 0.3) is 0 Å². The van der Waals surface area contributed by atoms with Crippen LogP contribution in [0.1, 0.15) is 27.7 Å². The van der Waals surface area contributed by atoms with Crippen LogP contribution in [0.2, 0.25) is 0 Å². The highest BCUT2D eigenvalue weighted by molar-refractivity contribution is 6.62. The first-order chi connectivity index (χ1) is 9.84. The van der Waals surface area contributed by atoms with E-state index in [0.29, 0.717) is 13.2 Å². The smallest absolute Gasteiger partial charge is 0.399 e. The van der Waals surface area contributed by atoms with E-state index in [4.69, 9.17) is 9.31 Å². The molecule has 2 heterocycles. The fourth-order valence-electron chi connectivity index (χ4n) is 1.66. The zero-order valence-corrected chi connectivity index (χ0v) is 13.9. The summed E-state index contributed by atoms with van der Waals surface area (Å²) in [4.78, 5) is 4.06. The Labute approximate surface area is 128 Å². The molecule has 5 nitrogen and oxygen atoms in total. The molecular weight excluding hydrogens is 269 g/mol. The van der Waals surface area contributed by atoms with Gasteiger partial charge in [-0.2, -0.15) is 0 Å². The van der Waals surface area contributed by atoms with Crippen LogP contribution < -0.4 is 5.46 Å². The number of hydrogen-bond donors (Lipinski definition) is 0. The molecule has 6 heteroatoms. The number of aromatic nitrogens is 1. The Morgan fingerprint density at radius 2 is 1.57 bits per heavy atom. The van der Waals surface area contributed by atoms with Gasteiger partial charge in [-0.1, -0.05) is 6.07 Å². The van der Waals surface area contributed by atoms with Gasteiger partial charge >= 0.3 is 7.12 Å². The summed E-state index contributed by atoms with van der Waals surface area (Å²) >= 11 is 0. The maximum Gasteiger partial charge on any atom is 0.496 e. The average molecular weight is 295 g/mol. The van der Waals surface area contributed by atoms with Gasteiger partial charge in [0.1, 0.15) is 0 Å². The summed E-state index contributed by atoms with van der Waals surface area (Å²) in [5.74, 6) is 0. The second kappa shape index (κ2) is 7.89. The normalized spacial score (nSPS) is 19.0. The molecule has 1 aromatic heterocycles. The van der Waals surface area contributed by atoms with Crippen molar-refractivity contribution in [1.29, 1.82) is 0 Å². The molecule has 21 heavy (non-hydrogen) atoms. The van der Waals surface area contributed by atoms with Crippen molar-refractivity contribution in [1.82, 2.24) is 4.98 Å². The van der Waals surface area contributed by atoms with Crippen LogP contribution in [0.5, 0.6) is 0 Å². The van der Waals surface area contributed by atoms with E-state index in [-0.39, 0.29) is 18.3 Å². The van der Waals surface area contributed by atoms with Crippen LogP contribution in [0, 0.1) is 0 Å². The lowest BCUT2D eigenvalue weighted by Crippen LogP contribution is -2.41. The van der Waals surface area contributed by atoms with Crippen LogP contribution in [0.15, 0.2) is 24.5 Å². The van der Waals surface area contributed by atoms with E-state index >= 15 is 0 Å². The minimum atomic E-state index is -0.302. The van der Waals surface area contributed by atoms with Gasteiger partial charge < -0.3 is 18.8 Å². The molecule has 1 saturated heterocycles. The topological polar surface area (TPSA) is 49.8 Å². The first-order valence-corrected chi connectivity index (χ1v) is 7.07. The van der Waals surface area contributed by atoms with Crippen molar-refractivity contribution in [3.05, 3.63) is 24.5 Å². The van der Waals surface area contributed by atoms with E-state index in [1.807, 2.05) is 39.8 Å². The molecule has 0 atom stereocenters. The summed E-state index contributed by atoms with van der Waals surface area (Å²) in [5, 5.41) is 0. The van der Waals surface area contributed by atoms with E-state index in [1.165, 1.54) is 0 Å². The van der Waals surface area contributed by atoms with Crippen LogP contribution in [0.4, 0.5) is 0 Å². The fourth-order valence-corrected chi connectivity index (χ4v) is 1.66. The largest absolute Gasteiger partial charge is 0.496 e. The zero-order valence-electron chi connectivity index (χ0n) is 13.9. The van der Waals surface area contributed by atoms with Crippen molar-refractivity contribution < 1.29 is 18.8 Å². The molecule has 1 aliphatic heterocycles. The molecule has 2 rings (SSSR count). The first kappa shape index (κ1) is 18.1. The molecular formula is C15H26BNO4. The van der Waals surface area contributed by atoms with Crippen molar-refractivity contribution in [2.45, 2.75) is 38.9 Å². The molecule has 0 amide bonds. The van der Waals surface area contributed by atoms with Crippen molar-refractivity contribution in [3.63, 3.8) is 0 Å². The summed E-state index contributed by atoms with van der Waals surface area (Å²) in [5.41, 5.74) is 0.400. The highest BCUT2D eigenvalue weighted by Gasteiger charge is 2.51. The molecule has 0 spiro atoms. The maximum absolute atomic E-state index is 5.89. The third-order valence-corrected chi connectivity index (χ3v) is 3.70. The predicted molar refractivity (Wildman–Crippen MR) is 83.7 cm³/mol. The van der Waals surface area contributed by atoms with E-state index < -0.39 is 0 Å². The van der Waals surface area contributed by atoms with Crippen molar-refractivity contribution in [2.24, 2.45) is 0 Å². The maximum atomic E-state index is 5.89. The highest BCUT2D eigenvalue weighted by Crippen LogP contribution is 2.36. The molecule has 1 aromatic rings. The van der Waals surface area contributed by atoms with Gasteiger partial charge in [-0.3, -0.25) is 4.98 Å². The number of hydrogen-bond acceptors (Lipinski definition) is 5. The Morgan fingerprint density at radius 1 is 1.05 bits per heavy atom. The van der Waals surface area contributed by atoms with E-state index in [0.717, 1.165) is 5.46 Å². The van der Waals surface area contributed by atoms with Gasteiger partial charge in [0.2, 0.25) is 0 Å². The number of methoxy groups -OCH3 is 2. The Balaban J connectivity index is 0.000000315. The van der Waals surface area contributed by atoms with Crippen LogP contribution >= 0.6 is 0 Å². The Morgan fingerprint density at radius 3 is 1.95 bits per heavy atom. The molecule has 0 bridgehead atoms. The van der Waals surface area contributed by atoms with Gasteiger partial charge in [-0.05, 0) is 33.8 Å². The first-order valence-electron chi connectivity index (χ1n) is 7.07. The van der Waals surface area contributed by atoms with Crippen molar-refractivity contribution in [2.75, 3.05) is 27.4 Å². The summed E-state index contributed by atoms with van der Waals surface area (Å²) in [7, 11) is 3.00. The average Bonchev–Trinajstić information content (AvgIpc) is 2.67. The minimum absolute atomic E-state index is 0.284. The molecule has 118 valence electrons. The highest BCUT2D eigenvalue weighted by atomic mass is 16.7. The Bertz CT molecular complexity index is 391. The van der Waals surface area contributed by atoms with Gasteiger partial charge in [0, 0.05) is 32.1 Å². The molecule has 0 saturated carbocycles. The van der Waals surface area contributed by atoms with E-state index in [2.05, 4.69) is 14.5 Å². The standard InChI is InChI=1S/C11H16BNO2.C4H10O2/c1-10(2)11(3,4)15-12(14-10)9-6-5-7-13-8-9;1-5-3-4-6-2/h5-8H,1-4H3;3-4H2,1-2H3. The molecule has 0 aliphatic carbocycles. The predicted octanol–water partition coefficient (Wildman–Crippen LogP) is 1.66. The monoisotopic (exact) mass is 295 g/mol. The second-order valence-electron chi connectivity index (χ2n) is 5.86. The van der Waals surface area contributed by atoms with Crippen LogP contribution in [-0.4, -0.2) is 50.7 Å². The number of pyridine rings is 1. The van der Waals surface area contributed by atoms with Crippen LogP contribution in [0.3, 0.4) is 0 Å². The molecule has 1 aliphatic rings. The summed E-state index contributed by atoms with van der Waals surface area (Å²) in [6.45, 7) is 9.56. The molecule has 0 aromatic carbocycles. The molecule has 0 unspecified atom stereocenters. The summed E-state index contributed by atoms with van der Waals surface area (Å²) in [6, 6.07) is 3.86. The fraction of sp³-hybridized carbons (Fsp3) is 0.667. The zero-order chi connectivity index (χ0) is 15.9. The molecule has 0 N–H and O–H groups in total. The molecule has 1 fully saturated rings. The van der Waals surface area contributed by atoms with Gasteiger partial charge in [-0.15, -0.1) is 0 Å². The van der Waals surface area contributed by atoms with Crippen molar-refractivity contribution in [3.8, 4) is 0 Å². The van der Waals surface area contributed by atoms with Gasteiger partial charge in [0.25, 0.3) is 0 Å². The Hall–Kier alpha value is -0.945. The number of nitrogens with zero attached hydrogens (tertiary/aromatic N) is 1. The Kier molecular flexibility index (Phi) is 6.80. The lowest BCUT2D eigenvalue weighted by molar-refractivity contribution is 0.00578. The van der Waals surface area contributed by atoms with Gasteiger partial charge in [0.15, 0.2) is 0 Å². The van der Waals surface area contributed by atoms with Gasteiger partial charge in [-0.25, -0.2) is 0 Å². The van der Waals surface area contributed by atoms with Crippen molar-refractivity contribution >= 4 is 12.6 Å². The van der Waals surface area contributed by atoms with E-state index in [9.17, 15) is 0 Å². The summed E-state index contributed by atoms with van der Waals surface area (Å²) < 4.78 is 21.1. The molecule has 0 radical (unpaired) electrons. The SMILES string of the molecule is CC1(C)OB(c2cccnc2)OC1(C)C.COCCOC. The summed E-state index contributed by atoms with van der Waals surface area (Å²) in [6.07, 6.45) is 3.52. The van der Waals surface area contributed by atoms with Gasteiger partial charge in [0.05, 0.1) is 24.4 Å². The number of rotatable bonds is 4. The minimum Gasteiger partial charge on any atom is -0.399 e.